The molecule has 7 heteroatoms. The topological polar surface area (TPSA) is 69.6 Å². The summed E-state index contributed by atoms with van der Waals surface area (Å²) in [6, 6.07) is -0.629. The summed E-state index contributed by atoms with van der Waals surface area (Å²) in [5, 5.41) is 10.9. The van der Waals surface area contributed by atoms with Crippen molar-refractivity contribution >= 4 is 12.0 Å². The molecule has 16 heavy (non-hydrogen) atoms. The van der Waals surface area contributed by atoms with Crippen LogP contribution in [0.5, 0.6) is 0 Å². The van der Waals surface area contributed by atoms with Crippen molar-refractivity contribution in [3.63, 3.8) is 0 Å². The van der Waals surface area contributed by atoms with E-state index in [0.717, 1.165) is 0 Å². The Bertz CT molecular complexity index is 286. The number of amides is 2. The SMILES string of the molecule is C[C@@H]1CN(C(=O)NCC(F)F)C[C@H]1C(=O)O. The number of carboxylic acids is 1. The fraction of sp³-hybridized carbons (Fsp3) is 0.778. The molecule has 0 aliphatic carbocycles. The number of urea groups is 1. The van der Waals surface area contributed by atoms with Crippen LogP contribution >= 0.6 is 0 Å². The number of rotatable bonds is 3. The number of hydrogen-bond donors (Lipinski definition) is 2. The van der Waals surface area contributed by atoms with Gasteiger partial charge in [-0.15, -0.1) is 0 Å². The van der Waals surface area contributed by atoms with Crippen LogP contribution in [0, 0.1) is 11.8 Å². The summed E-state index contributed by atoms with van der Waals surface area (Å²) in [7, 11) is 0. The van der Waals surface area contributed by atoms with Gasteiger partial charge in [0, 0.05) is 13.1 Å². The maximum absolute atomic E-state index is 11.8. The first-order chi connectivity index (χ1) is 7.41. The van der Waals surface area contributed by atoms with Crippen LogP contribution < -0.4 is 5.32 Å². The van der Waals surface area contributed by atoms with Crippen molar-refractivity contribution in [1.82, 2.24) is 10.2 Å². The highest BCUT2D eigenvalue weighted by Crippen LogP contribution is 2.22. The Balaban J connectivity index is 2.45. The molecular weight excluding hydrogens is 222 g/mol. The number of halogens is 2. The molecule has 0 radical (unpaired) electrons. The number of alkyl halides is 2. The van der Waals surface area contributed by atoms with Gasteiger partial charge in [-0.05, 0) is 5.92 Å². The molecule has 1 rings (SSSR count). The van der Waals surface area contributed by atoms with E-state index < -0.39 is 30.9 Å². The summed E-state index contributed by atoms with van der Waals surface area (Å²) in [5.41, 5.74) is 0. The largest absolute Gasteiger partial charge is 0.481 e. The van der Waals surface area contributed by atoms with Crippen molar-refractivity contribution < 1.29 is 23.5 Å². The molecule has 2 N–H and O–H groups in total. The molecule has 5 nitrogen and oxygen atoms in total. The van der Waals surface area contributed by atoms with Gasteiger partial charge >= 0.3 is 12.0 Å². The third-order valence-corrected chi connectivity index (χ3v) is 2.62. The van der Waals surface area contributed by atoms with Crippen molar-refractivity contribution in [1.29, 1.82) is 0 Å². The number of nitrogens with one attached hydrogen (secondary N) is 1. The second-order valence-corrected chi connectivity index (χ2v) is 3.90. The lowest BCUT2D eigenvalue weighted by Gasteiger charge is -2.16. The fourth-order valence-electron chi connectivity index (χ4n) is 1.73. The van der Waals surface area contributed by atoms with Gasteiger partial charge in [0.2, 0.25) is 0 Å². The molecule has 0 unspecified atom stereocenters. The van der Waals surface area contributed by atoms with Gasteiger partial charge in [0.15, 0.2) is 0 Å². The molecule has 1 heterocycles. The predicted molar refractivity (Wildman–Crippen MR) is 51.3 cm³/mol. The number of carbonyl (C=O) groups excluding carboxylic acids is 1. The second kappa shape index (κ2) is 5.09. The zero-order chi connectivity index (χ0) is 12.3. The number of likely N-dealkylation sites (tertiary alicyclic amines) is 1. The predicted octanol–water partition coefficient (Wildman–Crippen LogP) is 0.614. The van der Waals surface area contributed by atoms with Crippen LogP contribution in [0.15, 0.2) is 0 Å². The molecule has 2 atom stereocenters. The third-order valence-electron chi connectivity index (χ3n) is 2.62. The summed E-state index contributed by atoms with van der Waals surface area (Å²) >= 11 is 0. The van der Waals surface area contributed by atoms with E-state index in [0.29, 0.717) is 0 Å². The van der Waals surface area contributed by atoms with Gasteiger partial charge in [-0.1, -0.05) is 6.92 Å². The van der Waals surface area contributed by atoms with Crippen molar-refractivity contribution in [2.24, 2.45) is 11.8 Å². The van der Waals surface area contributed by atoms with Gasteiger partial charge in [-0.3, -0.25) is 4.79 Å². The zero-order valence-electron chi connectivity index (χ0n) is 8.82. The third kappa shape index (κ3) is 3.04. The van der Waals surface area contributed by atoms with Crippen molar-refractivity contribution in [3.05, 3.63) is 0 Å². The molecule has 92 valence electrons. The zero-order valence-corrected chi connectivity index (χ0v) is 8.82. The molecule has 0 aromatic rings. The van der Waals surface area contributed by atoms with E-state index in [9.17, 15) is 18.4 Å². The van der Waals surface area contributed by atoms with Crippen LogP contribution in [0.1, 0.15) is 6.92 Å². The van der Waals surface area contributed by atoms with Gasteiger partial charge in [-0.25, -0.2) is 13.6 Å². The van der Waals surface area contributed by atoms with Gasteiger partial charge < -0.3 is 15.3 Å². The summed E-state index contributed by atoms with van der Waals surface area (Å²) in [4.78, 5) is 23.4. The number of hydrogen-bond acceptors (Lipinski definition) is 2. The normalized spacial score (nSPS) is 24.9. The Morgan fingerprint density at radius 3 is 2.56 bits per heavy atom. The van der Waals surface area contributed by atoms with Crippen LogP contribution in [0.4, 0.5) is 13.6 Å². The van der Waals surface area contributed by atoms with Crippen LogP contribution in [0.2, 0.25) is 0 Å². The molecule has 2 amide bonds. The Morgan fingerprint density at radius 2 is 2.12 bits per heavy atom. The van der Waals surface area contributed by atoms with Crippen molar-refractivity contribution in [3.8, 4) is 0 Å². The Labute approximate surface area is 91.4 Å². The molecule has 1 saturated heterocycles. The molecule has 1 fully saturated rings. The summed E-state index contributed by atoms with van der Waals surface area (Å²) in [6.07, 6.45) is -2.60. The van der Waals surface area contributed by atoms with Gasteiger partial charge in [-0.2, -0.15) is 0 Å². The average Bonchev–Trinajstić information content (AvgIpc) is 2.56. The first-order valence-electron chi connectivity index (χ1n) is 4.95. The molecule has 0 spiro atoms. The number of aliphatic carboxylic acids is 1. The van der Waals surface area contributed by atoms with Gasteiger partial charge in [0.25, 0.3) is 6.43 Å². The molecule has 0 aromatic carbocycles. The van der Waals surface area contributed by atoms with E-state index in [-0.39, 0.29) is 19.0 Å². The number of nitrogens with zero attached hydrogens (tertiary/aromatic N) is 1. The first kappa shape index (κ1) is 12.7. The molecule has 1 aliphatic heterocycles. The Kier molecular flexibility index (Phi) is 4.03. The molecule has 1 aliphatic rings. The van der Waals surface area contributed by atoms with Crippen LogP contribution in [0.25, 0.3) is 0 Å². The maximum atomic E-state index is 11.8. The van der Waals surface area contributed by atoms with E-state index in [1.165, 1.54) is 4.90 Å². The Morgan fingerprint density at radius 1 is 1.50 bits per heavy atom. The minimum absolute atomic E-state index is 0.0750. The quantitative estimate of drug-likeness (QED) is 0.754. The molecular formula is C9H14F2N2O3. The standard InChI is InChI=1S/C9H14F2N2O3/c1-5-3-13(4-6(5)8(14)15)9(16)12-2-7(10)11/h5-7H,2-4H2,1H3,(H,12,16)(H,14,15)/t5-,6-/m1/s1. The van der Waals surface area contributed by atoms with Crippen LogP contribution in [0.3, 0.4) is 0 Å². The molecule has 0 aromatic heterocycles. The average molecular weight is 236 g/mol. The Hall–Kier alpha value is -1.40. The summed E-state index contributed by atoms with van der Waals surface area (Å²) in [6.45, 7) is 1.37. The monoisotopic (exact) mass is 236 g/mol. The minimum atomic E-state index is -2.60. The molecule has 0 bridgehead atoms. The second-order valence-electron chi connectivity index (χ2n) is 3.90. The lowest BCUT2D eigenvalue weighted by Crippen LogP contribution is -2.40. The number of carboxylic acid groups (broad SMARTS) is 1. The van der Waals surface area contributed by atoms with E-state index in [2.05, 4.69) is 0 Å². The highest BCUT2D eigenvalue weighted by Gasteiger charge is 2.36. The molecule has 0 saturated carbocycles. The first-order valence-corrected chi connectivity index (χ1v) is 4.95. The van der Waals surface area contributed by atoms with E-state index >= 15 is 0 Å². The van der Waals surface area contributed by atoms with Gasteiger partial charge in [0.05, 0.1) is 12.5 Å². The summed E-state index contributed by atoms with van der Waals surface area (Å²) in [5.74, 6) is -1.73. The minimum Gasteiger partial charge on any atom is -0.481 e. The highest BCUT2D eigenvalue weighted by molar-refractivity contribution is 5.77. The van der Waals surface area contributed by atoms with Crippen molar-refractivity contribution in [2.45, 2.75) is 13.3 Å². The van der Waals surface area contributed by atoms with Crippen molar-refractivity contribution in [2.75, 3.05) is 19.6 Å². The van der Waals surface area contributed by atoms with E-state index in [1.807, 2.05) is 5.32 Å². The smallest absolute Gasteiger partial charge is 0.317 e. The van der Waals surface area contributed by atoms with Crippen LogP contribution in [-0.2, 0) is 4.79 Å². The summed E-state index contributed by atoms with van der Waals surface area (Å²) < 4.78 is 23.7. The fourth-order valence-corrected chi connectivity index (χ4v) is 1.73. The highest BCUT2D eigenvalue weighted by atomic mass is 19.3. The lowest BCUT2D eigenvalue weighted by molar-refractivity contribution is -0.142. The number of carbonyl (C=O) groups is 2. The van der Waals surface area contributed by atoms with E-state index in [4.69, 9.17) is 5.11 Å². The van der Waals surface area contributed by atoms with Crippen LogP contribution in [-0.4, -0.2) is 48.1 Å². The van der Waals surface area contributed by atoms with Gasteiger partial charge in [0.1, 0.15) is 0 Å². The lowest BCUT2D eigenvalue weighted by atomic mass is 9.99. The van der Waals surface area contributed by atoms with E-state index in [1.54, 1.807) is 6.92 Å². The maximum Gasteiger partial charge on any atom is 0.317 e.